The number of benzene rings is 2. The number of alkyl halides is 3. The van der Waals surface area contributed by atoms with Crippen molar-refractivity contribution in [1.82, 2.24) is 15.4 Å². The zero-order valence-electron chi connectivity index (χ0n) is 15.3. The lowest BCUT2D eigenvalue weighted by Crippen LogP contribution is -2.30. The minimum Gasteiger partial charge on any atom is -0.334 e. The molecule has 0 saturated carbocycles. The number of nitro groups is 1. The van der Waals surface area contributed by atoms with Crippen molar-refractivity contribution >= 4 is 40.5 Å². The van der Waals surface area contributed by atoms with Crippen LogP contribution in [0.5, 0.6) is 0 Å². The zero-order valence-corrected chi connectivity index (χ0v) is 16.0. The number of anilines is 3. The highest BCUT2D eigenvalue weighted by molar-refractivity contribution is 6.30. The van der Waals surface area contributed by atoms with Crippen molar-refractivity contribution in [2.45, 2.75) is 6.18 Å². The average Bonchev–Trinajstić information content (AvgIpc) is 2.71. The molecule has 0 aliphatic rings. The molecule has 0 bridgehead atoms. The Morgan fingerprint density at radius 2 is 1.77 bits per heavy atom. The maximum atomic E-state index is 13.2. The third kappa shape index (κ3) is 5.17. The second-order valence-electron chi connectivity index (χ2n) is 5.93. The molecule has 3 N–H and O–H groups in total. The van der Waals surface area contributed by atoms with Crippen LogP contribution in [0.3, 0.4) is 0 Å². The first kappa shape index (κ1) is 21.8. The normalized spacial score (nSPS) is 11.0. The van der Waals surface area contributed by atoms with Gasteiger partial charge in [0, 0.05) is 10.6 Å². The van der Waals surface area contributed by atoms with Crippen LogP contribution in [0, 0.1) is 10.1 Å². The highest BCUT2D eigenvalue weighted by Gasteiger charge is 2.34. The van der Waals surface area contributed by atoms with E-state index in [2.05, 4.69) is 26.1 Å². The molecule has 3 aromatic rings. The van der Waals surface area contributed by atoms with E-state index in [0.29, 0.717) is 5.02 Å². The van der Waals surface area contributed by atoms with Gasteiger partial charge < -0.3 is 5.32 Å². The lowest BCUT2D eigenvalue weighted by Gasteiger charge is -2.15. The van der Waals surface area contributed by atoms with Crippen LogP contribution in [-0.4, -0.2) is 20.8 Å². The van der Waals surface area contributed by atoms with Gasteiger partial charge in [-0.1, -0.05) is 29.8 Å². The van der Waals surface area contributed by atoms with E-state index in [-0.39, 0.29) is 5.56 Å². The van der Waals surface area contributed by atoms with Gasteiger partial charge in [0.2, 0.25) is 11.6 Å². The first-order valence-electron chi connectivity index (χ1n) is 8.41. The highest BCUT2D eigenvalue weighted by atomic mass is 35.5. The monoisotopic (exact) mass is 452 g/mol. The quantitative estimate of drug-likeness (QED) is 0.370. The fourth-order valence-electron chi connectivity index (χ4n) is 2.52. The van der Waals surface area contributed by atoms with Crippen molar-refractivity contribution in [2.24, 2.45) is 0 Å². The van der Waals surface area contributed by atoms with E-state index < -0.39 is 45.6 Å². The Labute approximate surface area is 177 Å². The summed E-state index contributed by atoms with van der Waals surface area (Å²) in [5.74, 6) is -1.62. The highest BCUT2D eigenvalue weighted by Crippen LogP contribution is 2.38. The summed E-state index contributed by atoms with van der Waals surface area (Å²) in [4.78, 5) is 30.2. The molecule has 0 radical (unpaired) electrons. The Balaban J connectivity index is 1.89. The summed E-state index contributed by atoms with van der Waals surface area (Å²) in [6.45, 7) is 0. The van der Waals surface area contributed by atoms with Crippen LogP contribution in [0.4, 0.5) is 36.2 Å². The molecule has 1 amide bonds. The maximum Gasteiger partial charge on any atom is 0.418 e. The van der Waals surface area contributed by atoms with Crippen molar-refractivity contribution in [3.8, 4) is 0 Å². The molecule has 31 heavy (non-hydrogen) atoms. The Morgan fingerprint density at radius 3 is 2.45 bits per heavy atom. The minimum absolute atomic E-state index is 0.161. The number of para-hydroxylation sites is 1. The summed E-state index contributed by atoms with van der Waals surface area (Å²) in [7, 11) is 0. The van der Waals surface area contributed by atoms with Crippen molar-refractivity contribution < 1.29 is 22.9 Å². The van der Waals surface area contributed by atoms with Gasteiger partial charge in [0.25, 0.3) is 5.91 Å². The number of hydrogen-bond donors (Lipinski definition) is 3. The van der Waals surface area contributed by atoms with Crippen LogP contribution in [0.1, 0.15) is 15.9 Å². The fraction of sp³-hybridized carbons (Fsp3) is 0.0556. The Kier molecular flexibility index (Phi) is 6.20. The zero-order chi connectivity index (χ0) is 22.6. The number of hydrogen-bond acceptors (Lipinski definition) is 7. The van der Waals surface area contributed by atoms with Gasteiger partial charge in [0.1, 0.15) is 6.33 Å². The lowest BCUT2D eigenvalue weighted by molar-refractivity contribution is -0.383. The third-order valence-corrected chi connectivity index (χ3v) is 4.11. The summed E-state index contributed by atoms with van der Waals surface area (Å²) in [5.41, 5.74) is 2.41. The van der Waals surface area contributed by atoms with Crippen molar-refractivity contribution in [1.29, 1.82) is 0 Å². The van der Waals surface area contributed by atoms with E-state index in [4.69, 9.17) is 11.6 Å². The minimum atomic E-state index is -4.70. The maximum absolute atomic E-state index is 13.2. The Hall–Kier alpha value is -3.93. The number of amides is 1. The lowest BCUT2D eigenvalue weighted by atomic mass is 10.1. The van der Waals surface area contributed by atoms with E-state index in [1.54, 1.807) is 6.07 Å². The molecule has 0 saturated heterocycles. The fourth-order valence-corrected chi connectivity index (χ4v) is 2.71. The third-order valence-electron chi connectivity index (χ3n) is 3.87. The summed E-state index contributed by atoms with van der Waals surface area (Å²) < 4.78 is 39.6. The molecular weight excluding hydrogens is 441 g/mol. The molecule has 0 spiro atoms. The van der Waals surface area contributed by atoms with Gasteiger partial charge in [-0.2, -0.15) is 13.2 Å². The number of nitrogens with one attached hydrogen (secondary N) is 3. The number of aromatic nitrogens is 2. The van der Waals surface area contributed by atoms with Crippen molar-refractivity contribution in [2.75, 3.05) is 10.7 Å². The number of nitrogens with zero attached hydrogens (tertiary/aromatic N) is 3. The molecule has 0 fully saturated rings. The number of hydrazine groups is 1. The van der Waals surface area contributed by atoms with Crippen LogP contribution in [0.2, 0.25) is 5.02 Å². The van der Waals surface area contributed by atoms with Crippen LogP contribution >= 0.6 is 11.6 Å². The first-order chi connectivity index (χ1) is 14.7. The van der Waals surface area contributed by atoms with Crippen molar-refractivity contribution in [3.05, 3.63) is 81.1 Å². The molecule has 13 heteroatoms. The number of carbonyl (C=O) groups is 1. The van der Waals surface area contributed by atoms with Gasteiger partial charge in [-0.15, -0.1) is 0 Å². The largest absolute Gasteiger partial charge is 0.418 e. The molecule has 0 atom stereocenters. The molecule has 0 unspecified atom stereocenters. The van der Waals surface area contributed by atoms with Gasteiger partial charge in [-0.05, 0) is 30.3 Å². The van der Waals surface area contributed by atoms with Gasteiger partial charge in [-0.25, -0.2) is 9.97 Å². The molecule has 1 heterocycles. The number of halogens is 4. The van der Waals surface area contributed by atoms with Gasteiger partial charge in [0.05, 0.1) is 16.2 Å². The molecule has 2 aromatic carbocycles. The molecule has 0 aliphatic heterocycles. The summed E-state index contributed by atoms with van der Waals surface area (Å²) in [5, 5.41) is 14.2. The second-order valence-corrected chi connectivity index (χ2v) is 6.37. The standard InChI is InChI=1S/C18H12ClF3N6O3/c19-11-5-3-4-10(8-11)17(29)27-26-16-14(28(30)31)15(23-9-24-16)25-13-7-2-1-6-12(13)18(20,21)22/h1-9H,(H,27,29)(H2,23,24,25,26). The SMILES string of the molecule is O=C(NNc1ncnc(Nc2ccccc2C(F)(F)F)c1[N+](=O)[O-])c1cccc(Cl)c1. The molecule has 3 rings (SSSR count). The van der Waals surface area contributed by atoms with Gasteiger partial charge >= 0.3 is 11.9 Å². The number of rotatable bonds is 6. The van der Waals surface area contributed by atoms with Crippen LogP contribution < -0.4 is 16.2 Å². The Bertz CT molecular complexity index is 1140. The summed E-state index contributed by atoms with van der Waals surface area (Å²) >= 11 is 5.82. The number of carbonyl (C=O) groups excluding carboxylic acids is 1. The first-order valence-corrected chi connectivity index (χ1v) is 8.79. The van der Waals surface area contributed by atoms with Gasteiger partial charge in [-0.3, -0.25) is 25.8 Å². The average molecular weight is 453 g/mol. The molecule has 0 aliphatic carbocycles. The molecule has 9 nitrogen and oxygen atoms in total. The smallest absolute Gasteiger partial charge is 0.334 e. The molecular formula is C18H12ClF3N6O3. The van der Waals surface area contributed by atoms with Crippen molar-refractivity contribution in [3.63, 3.8) is 0 Å². The summed E-state index contributed by atoms with van der Waals surface area (Å²) in [6.07, 6.45) is -3.81. The molecule has 1 aromatic heterocycles. The van der Waals surface area contributed by atoms with E-state index >= 15 is 0 Å². The van der Waals surface area contributed by atoms with Crippen LogP contribution in [-0.2, 0) is 6.18 Å². The topological polar surface area (TPSA) is 122 Å². The van der Waals surface area contributed by atoms with E-state index in [9.17, 15) is 28.1 Å². The molecule has 160 valence electrons. The van der Waals surface area contributed by atoms with E-state index in [0.717, 1.165) is 18.5 Å². The predicted octanol–water partition coefficient (Wildman–Crippen LogP) is 4.56. The van der Waals surface area contributed by atoms with Crippen LogP contribution in [0.25, 0.3) is 0 Å². The van der Waals surface area contributed by atoms with E-state index in [1.165, 1.54) is 30.3 Å². The van der Waals surface area contributed by atoms with Crippen LogP contribution in [0.15, 0.2) is 54.9 Å². The summed E-state index contributed by atoms with van der Waals surface area (Å²) in [6, 6.07) is 10.3. The van der Waals surface area contributed by atoms with Gasteiger partial charge in [0.15, 0.2) is 0 Å². The predicted molar refractivity (Wildman–Crippen MR) is 106 cm³/mol. The van der Waals surface area contributed by atoms with E-state index in [1.807, 2.05) is 0 Å². The second kappa shape index (κ2) is 8.83. The Morgan fingerprint density at radius 1 is 1.06 bits per heavy atom.